The fourth-order valence-corrected chi connectivity index (χ4v) is 3.77. The first-order valence-corrected chi connectivity index (χ1v) is 10.9. The number of carbonyl (C=O) groups excluding carboxylic acids is 2. The molecule has 4 rings (SSSR count). The van der Waals surface area contributed by atoms with Gasteiger partial charge in [0.1, 0.15) is 5.75 Å². The van der Waals surface area contributed by atoms with E-state index in [9.17, 15) is 27.9 Å². The molecule has 1 saturated carbocycles. The fourth-order valence-electron chi connectivity index (χ4n) is 3.77. The van der Waals surface area contributed by atoms with Crippen LogP contribution in [-0.4, -0.2) is 33.4 Å². The number of aromatic hydroxyl groups is 1. The van der Waals surface area contributed by atoms with Gasteiger partial charge >= 0.3 is 12.2 Å². The lowest BCUT2D eigenvalue weighted by Gasteiger charge is -2.25. The topological polar surface area (TPSA) is 96.3 Å². The number of rotatable bonds is 5. The third-order valence-electron chi connectivity index (χ3n) is 5.76. The number of anilines is 1. The van der Waals surface area contributed by atoms with Crippen LogP contribution in [0.2, 0.25) is 0 Å². The molecule has 0 saturated heterocycles. The fraction of sp³-hybridized carbons (Fsp3) is 0.292. The second-order valence-electron chi connectivity index (χ2n) is 8.09. The minimum Gasteiger partial charge on any atom is -0.507 e. The smallest absolute Gasteiger partial charge is 0.416 e. The minimum atomic E-state index is -4.57. The van der Waals surface area contributed by atoms with Crippen molar-refractivity contribution in [1.82, 2.24) is 15.1 Å². The largest absolute Gasteiger partial charge is 0.507 e. The number of hydrogen-bond donors (Lipinski definition) is 3. The SMILES string of the molecule is CCNC(=O)n1nc(-c2cc(NC(=O)c3cccc(C(F)(F)F)c3)ccc2O)cc1C1CCC1. The van der Waals surface area contributed by atoms with Crippen LogP contribution >= 0.6 is 0 Å². The van der Waals surface area contributed by atoms with Crippen molar-refractivity contribution in [2.75, 3.05) is 11.9 Å². The van der Waals surface area contributed by atoms with Crippen molar-refractivity contribution in [2.45, 2.75) is 38.3 Å². The molecule has 7 nitrogen and oxygen atoms in total. The van der Waals surface area contributed by atoms with Crippen LogP contribution in [0.1, 0.15) is 53.7 Å². The van der Waals surface area contributed by atoms with Crippen molar-refractivity contribution >= 4 is 17.6 Å². The van der Waals surface area contributed by atoms with E-state index in [1.54, 1.807) is 13.0 Å². The van der Waals surface area contributed by atoms with E-state index in [-0.39, 0.29) is 34.5 Å². The molecular weight excluding hydrogens is 449 g/mol. The number of benzene rings is 2. The number of aromatic nitrogens is 2. The van der Waals surface area contributed by atoms with Crippen molar-refractivity contribution in [1.29, 1.82) is 0 Å². The number of nitrogens with one attached hydrogen (secondary N) is 2. The number of phenols is 1. The van der Waals surface area contributed by atoms with Gasteiger partial charge < -0.3 is 15.7 Å². The Kier molecular flexibility index (Phi) is 6.32. The average molecular weight is 472 g/mol. The van der Waals surface area contributed by atoms with E-state index >= 15 is 0 Å². The molecule has 1 fully saturated rings. The second-order valence-corrected chi connectivity index (χ2v) is 8.09. The van der Waals surface area contributed by atoms with Gasteiger partial charge in [-0.15, -0.1) is 0 Å². The molecule has 3 aromatic rings. The van der Waals surface area contributed by atoms with Crippen molar-refractivity contribution < 1.29 is 27.9 Å². The molecule has 2 amide bonds. The number of phenolic OH excluding ortho intramolecular Hbond substituents is 1. The summed E-state index contributed by atoms with van der Waals surface area (Å²) in [7, 11) is 0. The first kappa shape index (κ1) is 23.3. The van der Waals surface area contributed by atoms with Gasteiger partial charge in [0.25, 0.3) is 5.91 Å². The summed E-state index contributed by atoms with van der Waals surface area (Å²) in [5.41, 5.74) is 0.549. The van der Waals surface area contributed by atoms with Crippen LogP contribution < -0.4 is 10.6 Å². The summed E-state index contributed by atoms with van der Waals surface area (Å²) in [5.74, 6) is -0.654. The first-order valence-electron chi connectivity index (χ1n) is 10.9. The number of nitrogens with zero attached hydrogens (tertiary/aromatic N) is 2. The lowest BCUT2D eigenvalue weighted by atomic mass is 9.82. The van der Waals surface area contributed by atoms with Crippen LogP contribution in [0.25, 0.3) is 11.3 Å². The Morgan fingerprint density at radius 3 is 2.56 bits per heavy atom. The summed E-state index contributed by atoms with van der Waals surface area (Å²) in [6.45, 7) is 2.23. The van der Waals surface area contributed by atoms with Crippen LogP contribution in [0.15, 0.2) is 48.5 Å². The van der Waals surface area contributed by atoms with Gasteiger partial charge in [-0.1, -0.05) is 12.5 Å². The molecule has 0 unspecified atom stereocenters. The Morgan fingerprint density at radius 2 is 1.91 bits per heavy atom. The zero-order chi connectivity index (χ0) is 24.5. The van der Waals surface area contributed by atoms with Crippen LogP contribution in [0.3, 0.4) is 0 Å². The van der Waals surface area contributed by atoms with Gasteiger partial charge in [-0.2, -0.15) is 23.0 Å². The van der Waals surface area contributed by atoms with E-state index in [4.69, 9.17) is 0 Å². The molecule has 1 aliphatic rings. The van der Waals surface area contributed by atoms with Crippen molar-refractivity contribution in [3.63, 3.8) is 0 Å². The Balaban J connectivity index is 1.63. The van der Waals surface area contributed by atoms with E-state index in [2.05, 4.69) is 15.7 Å². The van der Waals surface area contributed by atoms with E-state index < -0.39 is 17.6 Å². The lowest BCUT2D eigenvalue weighted by molar-refractivity contribution is -0.137. The van der Waals surface area contributed by atoms with Gasteiger partial charge in [0.2, 0.25) is 0 Å². The predicted molar refractivity (Wildman–Crippen MR) is 120 cm³/mol. The van der Waals surface area contributed by atoms with Crippen LogP contribution in [0.4, 0.5) is 23.7 Å². The quantitative estimate of drug-likeness (QED) is 0.435. The third-order valence-corrected chi connectivity index (χ3v) is 5.76. The molecule has 3 N–H and O–H groups in total. The van der Waals surface area contributed by atoms with Crippen LogP contribution in [-0.2, 0) is 6.18 Å². The highest BCUT2D eigenvalue weighted by Crippen LogP contribution is 2.39. The highest BCUT2D eigenvalue weighted by molar-refractivity contribution is 6.04. The van der Waals surface area contributed by atoms with Crippen LogP contribution in [0, 0.1) is 0 Å². The zero-order valence-corrected chi connectivity index (χ0v) is 18.3. The summed E-state index contributed by atoms with van der Waals surface area (Å²) in [5, 5.41) is 20.1. The van der Waals surface area contributed by atoms with Gasteiger partial charge in [0, 0.05) is 29.3 Å². The van der Waals surface area contributed by atoms with Crippen LogP contribution in [0.5, 0.6) is 5.75 Å². The van der Waals surface area contributed by atoms with Crippen molar-refractivity contribution in [3.05, 3.63) is 65.4 Å². The molecule has 0 atom stereocenters. The number of amides is 2. The molecule has 0 radical (unpaired) electrons. The minimum absolute atomic E-state index is 0.113. The summed E-state index contributed by atoms with van der Waals surface area (Å²) in [6, 6.07) is 9.73. The Morgan fingerprint density at radius 1 is 1.15 bits per heavy atom. The summed E-state index contributed by atoms with van der Waals surface area (Å²) < 4.78 is 40.2. The molecule has 178 valence electrons. The maximum atomic E-state index is 13.0. The summed E-state index contributed by atoms with van der Waals surface area (Å²) in [4.78, 5) is 25.1. The number of alkyl halides is 3. The Bertz CT molecular complexity index is 1230. The number of hydrogen-bond acceptors (Lipinski definition) is 4. The maximum Gasteiger partial charge on any atom is 0.416 e. The van der Waals surface area contributed by atoms with Gasteiger partial charge in [-0.25, -0.2) is 4.79 Å². The number of carbonyl (C=O) groups is 2. The summed E-state index contributed by atoms with van der Waals surface area (Å²) >= 11 is 0. The lowest BCUT2D eigenvalue weighted by Crippen LogP contribution is -2.31. The molecule has 1 heterocycles. The zero-order valence-electron chi connectivity index (χ0n) is 18.3. The number of halogens is 3. The van der Waals surface area contributed by atoms with Crippen molar-refractivity contribution in [3.8, 4) is 17.0 Å². The normalized spacial score (nSPS) is 13.9. The van der Waals surface area contributed by atoms with Gasteiger partial charge in [0.05, 0.1) is 17.0 Å². The molecule has 10 heteroatoms. The first-order chi connectivity index (χ1) is 16.2. The van der Waals surface area contributed by atoms with E-state index in [0.29, 0.717) is 12.2 Å². The van der Waals surface area contributed by atoms with Gasteiger partial charge in [-0.05, 0) is 62.2 Å². The van der Waals surface area contributed by atoms with Crippen molar-refractivity contribution in [2.24, 2.45) is 0 Å². The molecule has 0 aliphatic heterocycles. The molecule has 2 aromatic carbocycles. The molecule has 0 spiro atoms. The summed E-state index contributed by atoms with van der Waals surface area (Å²) in [6.07, 6.45) is -1.64. The van der Waals surface area contributed by atoms with Gasteiger partial charge in [0.15, 0.2) is 0 Å². The molecule has 1 aliphatic carbocycles. The molecule has 1 aromatic heterocycles. The standard InChI is InChI=1S/C24H23F3N4O3/c1-2-28-23(34)31-20(14-5-3-6-14)13-19(30-31)18-12-17(9-10-21(18)32)29-22(33)15-7-4-8-16(11-15)24(25,26)27/h4,7-14,32H,2-3,5-6H2,1H3,(H,28,34)(H,29,33). The molecule has 0 bridgehead atoms. The maximum absolute atomic E-state index is 13.0. The van der Waals surface area contributed by atoms with E-state index in [1.807, 2.05) is 0 Å². The Hall–Kier alpha value is -3.82. The predicted octanol–water partition coefficient (Wildman–Crippen LogP) is 5.37. The Labute approximate surface area is 193 Å². The highest BCUT2D eigenvalue weighted by atomic mass is 19.4. The van der Waals surface area contributed by atoms with E-state index in [0.717, 1.165) is 43.2 Å². The monoisotopic (exact) mass is 472 g/mol. The highest BCUT2D eigenvalue weighted by Gasteiger charge is 2.31. The van der Waals surface area contributed by atoms with Gasteiger partial charge in [-0.3, -0.25) is 4.79 Å². The molecule has 34 heavy (non-hydrogen) atoms. The average Bonchev–Trinajstić information content (AvgIpc) is 3.18. The third kappa shape index (κ3) is 4.75. The molecular formula is C24H23F3N4O3. The van der Waals surface area contributed by atoms with E-state index in [1.165, 1.54) is 28.9 Å². The second kappa shape index (κ2) is 9.20.